The third-order valence-electron chi connectivity index (χ3n) is 11.6. The Morgan fingerprint density at radius 1 is 0.367 bits per heavy atom. The lowest BCUT2D eigenvalue weighted by Crippen LogP contribution is -2.14. The Labute approximate surface area is 289 Å². The van der Waals surface area contributed by atoms with E-state index in [9.17, 15) is 0 Å². The minimum Gasteiger partial charge on any atom is -0.0619 e. The average molecular weight is 629 g/mol. The predicted octanol–water partition coefficient (Wildman–Crippen LogP) is 13.7. The van der Waals surface area contributed by atoms with Crippen LogP contribution in [0.5, 0.6) is 0 Å². The highest BCUT2D eigenvalue weighted by Gasteiger charge is 2.35. The zero-order valence-electron chi connectivity index (χ0n) is 29.2. The van der Waals surface area contributed by atoms with E-state index in [1.807, 2.05) is 0 Å². The molecule has 0 amide bonds. The van der Waals surface area contributed by atoms with Gasteiger partial charge in [0.1, 0.15) is 0 Å². The molecule has 0 fully saturated rings. The first kappa shape index (κ1) is 29.7. The fourth-order valence-electron chi connectivity index (χ4n) is 8.86. The molecular formula is C49H40. The number of aryl methyl sites for hydroxylation is 2. The molecule has 0 bridgehead atoms. The first-order valence-corrected chi connectivity index (χ1v) is 17.5. The van der Waals surface area contributed by atoms with Crippen LogP contribution in [-0.4, -0.2) is 0 Å². The van der Waals surface area contributed by atoms with Crippen molar-refractivity contribution in [2.45, 2.75) is 47.0 Å². The summed E-state index contributed by atoms with van der Waals surface area (Å²) < 4.78 is 0. The highest BCUT2D eigenvalue weighted by atomic mass is 14.4. The third kappa shape index (κ3) is 4.30. The monoisotopic (exact) mass is 628 g/mol. The highest BCUT2D eigenvalue weighted by molar-refractivity contribution is 6.23. The summed E-state index contributed by atoms with van der Waals surface area (Å²) in [5, 5.41) is 7.75. The largest absolute Gasteiger partial charge is 0.0619 e. The molecule has 1 aliphatic carbocycles. The number of rotatable bonds is 3. The van der Waals surface area contributed by atoms with Gasteiger partial charge < -0.3 is 0 Å². The van der Waals surface area contributed by atoms with Gasteiger partial charge in [0.05, 0.1) is 0 Å². The summed E-state index contributed by atoms with van der Waals surface area (Å²) in [4.78, 5) is 0. The summed E-state index contributed by atoms with van der Waals surface area (Å²) in [5.41, 5.74) is 18.7. The van der Waals surface area contributed by atoms with Crippen molar-refractivity contribution in [3.63, 3.8) is 0 Å². The topological polar surface area (TPSA) is 0 Å². The van der Waals surface area contributed by atoms with E-state index in [2.05, 4.69) is 175 Å². The van der Waals surface area contributed by atoms with Crippen molar-refractivity contribution in [1.29, 1.82) is 0 Å². The average Bonchev–Trinajstić information content (AvgIpc) is 3.35. The van der Waals surface area contributed by atoms with Crippen LogP contribution in [0.15, 0.2) is 133 Å². The molecule has 0 atom stereocenters. The maximum Gasteiger partial charge on any atom is 0.0159 e. The lowest BCUT2D eigenvalue weighted by molar-refractivity contribution is 0.660. The fourth-order valence-corrected chi connectivity index (χ4v) is 8.86. The van der Waals surface area contributed by atoms with Gasteiger partial charge in [-0.05, 0) is 150 Å². The summed E-state index contributed by atoms with van der Waals surface area (Å²) in [5.74, 6) is 0. The van der Waals surface area contributed by atoms with Gasteiger partial charge in [-0.1, -0.05) is 135 Å². The summed E-state index contributed by atoms with van der Waals surface area (Å²) in [7, 11) is 0. The van der Waals surface area contributed by atoms with Crippen molar-refractivity contribution in [1.82, 2.24) is 0 Å². The van der Waals surface area contributed by atoms with Gasteiger partial charge in [-0.3, -0.25) is 0 Å². The van der Waals surface area contributed by atoms with Crippen LogP contribution in [0.3, 0.4) is 0 Å². The smallest absolute Gasteiger partial charge is 0.0159 e. The lowest BCUT2D eigenvalue weighted by Gasteiger charge is -2.24. The van der Waals surface area contributed by atoms with Crippen LogP contribution in [0.25, 0.3) is 76.8 Å². The first-order valence-electron chi connectivity index (χ1n) is 17.5. The molecule has 8 aromatic rings. The van der Waals surface area contributed by atoms with Crippen LogP contribution in [0.2, 0.25) is 0 Å². The molecule has 9 rings (SSSR count). The Morgan fingerprint density at radius 3 is 1.71 bits per heavy atom. The number of hydrogen-bond donors (Lipinski definition) is 0. The van der Waals surface area contributed by atoms with E-state index >= 15 is 0 Å². The van der Waals surface area contributed by atoms with Gasteiger partial charge in [0, 0.05) is 5.41 Å². The maximum atomic E-state index is 2.49. The van der Waals surface area contributed by atoms with Crippen LogP contribution >= 0.6 is 0 Å². The first-order chi connectivity index (χ1) is 23.7. The number of hydrogen-bond acceptors (Lipinski definition) is 0. The minimum atomic E-state index is -0.0745. The van der Waals surface area contributed by atoms with Crippen LogP contribution in [0.1, 0.15) is 47.2 Å². The van der Waals surface area contributed by atoms with Crippen LogP contribution < -0.4 is 0 Å². The van der Waals surface area contributed by atoms with E-state index in [1.54, 1.807) is 0 Å². The highest BCUT2D eigenvalue weighted by Crippen LogP contribution is 2.52. The van der Waals surface area contributed by atoms with Crippen molar-refractivity contribution in [2.75, 3.05) is 0 Å². The molecule has 0 heteroatoms. The third-order valence-corrected chi connectivity index (χ3v) is 11.6. The van der Waals surface area contributed by atoms with E-state index in [1.165, 1.54) is 110 Å². The van der Waals surface area contributed by atoms with Crippen molar-refractivity contribution in [3.05, 3.63) is 167 Å². The molecule has 0 nitrogen and oxygen atoms in total. The maximum absolute atomic E-state index is 2.49. The van der Waals surface area contributed by atoms with Crippen molar-refractivity contribution in [2.24, 2.45) is 0 Å². The molecule has 0 heterocycles. The number of benzene rings is 8. The summed E-state index contributed by atoms with van der Waals surface area (Å²) >= 11 is 0. The Morgan fingerprint density at radius 2 is 0.939 bits per heavy atom. The van der Waals surface area contributed by atoms with E-state index in [-0.39, 0.29) is 5.41 Å². The van der Waals surface area contributed by atoms with Gasteiger partial charge in [-0.15, -0.1) is 0 Å². The van der Waals surface area contributed by atoms with E-state index < -0.39 is 0 Å². The second-order valence-corrected chi connectivity index (χ2v) is 14.6. The van der Waals surface area contributed by atoms with Crippen molar-refractivity contribution < 1.29 is 0 Å². The number of fused-ring (bicyclic) bond motifs is 6. The molecular weight excluding hydrogens is 589 g/mol. The SMILES string of the molecule is Cc1cc(C)c(C)c(-c2c3ccccc3c(-c3ccc4c(c3)C(C)(C)c3ccccc3-4)c3cc(-c4cccc5ccccc45)ccc23)c1C. The molecule has 0 unspecified atom stereocenters. The molecule has 0 spiro atoms. The molecule has 0 radical (unpaired) electrons. The minimum absolute atomic E-state index is 0.0745. The molecule has 0 aromatic heterocycles. The second-order valence-electron chi connectivity index (χ2n) is 14.6. The normalized spacial score (nSPS) is 13.3. The van der Waals surface area contributed by atoms with Crippen molar-refractivity contribution in [3.8, 4) is 44.5 Å². The molecule has 0 N–H and O–H groups in total. The van der Waals surface area contributed by atoms with Gasteiger partial charge in [-0.2, -0.15) is 0 Å². The predicted molar refractivity (Wildman–Crippen MR) is 212 cm³/mol. The second kappa shape index (κ2) is 10.8. The molecule has 0 saturated heterocycles. The van der Waals surface area contributed by atoms with Crippen LogP contribution in [-0.2, 0) is 5.41 Å². The molecule has 49 heavy (non-hydrogen) atoms. The van der Waals surface area contributed by atoms with Gasteiger partial charge in [-0.25, -0.2) is 0 Å². The van der Waals surface area contributed by atoms with Gasteiger partial charge in [0.2, 0.25) is 0 Å². The fraction of sp³-hybridized carbons (Fsp3) is 0.143. The summed E-state index contributed by atoms with van der Waals surface area (Å²) in [6, 6.07) is 50.3. The van der Waals surface area contributed by atoms with E-state index in [4.69, 9.17) is 0 Å². The van der Waals surface area contributed by atoms with Gasteiger partial charge in [0.25, 0.3) is 0 Å². The standard InChI is InChI=1S/C49H40/c1-29-26-30(2)32(4)46(31(29)3)48-41-19-10-9-18-40(41)47(35-23-24-39-38-17-11-12-21-44(38)49(5,6)45(39)28-35)43-27-34(22-25-42(43)48)37-20-13-15-33-14-7-8-16-36(33)37/h7-28H,1-6H3. The Balaban J connectivity index is 1.43. The summed E-state index contributed by atoms with van der Waals surface area (Å²) in [6.07, 6.45) is 0. The molecule has 236 valence electrons. The lowest BCUT2D eigenvalue weighted by atomic mass is 9.79. The van der Waals surface area contributed by atoms with E-state index in [0.29, 0.717) is 0 Å². The Bertz CT molecular complexity index is 2630. The Hall–Kier alpha value is -5.46. The van der Waals surface area contributed by atoms with Crippen molar-refractivity contribution >= 4 is 32.3 Å². The quantitative estimate of drug-likeness (QED) is 0.171. The van der Waals surface area contributed by atoms with Gasteiger partial charge in [0.15, 0.2) is 0 Å². The van der Waals surface area contributed by atoms with Crippen LogP contribution in [0, 0.1) is 27.7 Å². The zero-order valence-corrected chi connectivity index (χ0v) is 29.2. The zero-order chi connectivity index (χ0) is 33.6. The van der Waals surface area contributed by atoms with Crippen LogP contribution in [0.4, 0.5) is 0 Å². The summed E-state index contributed by atoms with van der Waals surface area (Å²) in [6.45, 7) is 13.9. The molecule has 8 aromatic carbocycles. The molecule has 0 aliphatic heterocycles. The molecule has 0 saturated carbocycles. The van der Waals surface area contributed by atoms with E-state index in [0.717, 1.165) is 0 Å². The van der Waals surface area contributed by atoms with Gasteiger partial charge >= 0.3 is 0 Å². The Kier molecular flexibility index (Phi) is 6.52. The molecule has 1 aliphatic rings.